The fourth-order valence-electron chi connectivity index (χ4n) is 3.58. The van der Waals surface area contributed by atoms with Crippen LogP contribution in [0.3, 0.4) is 0 Å². The lowest BCUT2D eigenvalue weighted by Gasteiger charge is -2.27. The van der Waals surface area contributed by atoms with Crippen LogP contribution in [0.25, 0.3) is 11.3 Å². The van der Waals surface area contributed by atoms with Gasteiger partial charge in [0.05, 0.1) is 26.0 Å². The minimum atomic E-state index is -0.0155. The van der Waals surface area contributed by atoms with Gasteiger partial charge in [-0.3, -0.25) is 14.6 Å². The maximum absolute atomic E-state index is 13.3. The van der Waals surface area contributed by atoms with E-state index in [4.69, 9.17) is 14.5 Å². The SMILES string of the molecule is COc1ccc(-c2csc(N(CCCN3CCOCC3)C(=O)c3ccccc3)n2)cc1. The van der Waals surface area contributed by atoms with Crippen molar-refractivity contribution < 1.29 is 14.3 Å². The minimum absolute atomic E-state index is 0.0155. The molecule has 2 heterocycles. The number of aromatic nitrogens is 1. The van der Waals surface area contributed by atoms with E-state index in [9.17, 15) is 4.79 Å². The van der Waals surface area contributed by atoms with Gasteiger partial charge in [-0.25, -0.2) is 4.98 Å². The van der Waals surface area contributed by atoms with Gasteiger partial charge in [0.25, 0.3) is 5.91 Å². The normalized spacial score (nSPS) is 14.4. The van der Waals surface area contributed by atoms with Crippen LogP contribution in [0.5, 0.6) is 5.75 Å². The zero-order valence-electron chi connectivity index (χ0n) is 17.7. The lowest BCUT2D eigenvalue weighted by molar-refractivity contribution is 0.0376. The molecule has 0 N–H and O–H groups in total. The molecular formula is C24H27N3O3S. The van der Waals surface area contributed by atoms with Crippen molar-refractivity contribution in [2.75, 3.05) is 51.4 Å². The molecule has 4 rings (SSSR count). The Labute approximate surface area is 187 Å². The summed E-state index contributed by atoms with van der Waals surface area (Å²) >= 11 is 1.50. The lowest BCUT2D eigenvalue weighted by Crippen LogP contribution is -2.39. The highest BCUT2D eigenvalue weighted by molar-refractivity contribution is 7.14. The molecule has 1 amide bonds. The highest BCUT2D eigenvalue weighted by Crippen LogP contribution is 2.29. The number of nitrogens with zero attached hydrogens (tertiary/aromatic N) is 3. The second-order valence-corrected chi connectivity index (χ2v) is 8.21. The molecule has 0 spiro atoms. The first-order valence-electron chi connectivity index (χ1n) is 10.5. The summed E-state index contributed by atoms with van der Waals surface area (Å²) in [6.45, 7) is 5.03. The number of carbonyl (C=O) groups excluding carboxylic acids is 1. The summed E-state index contributed by atoms with van der Waals surface area (Å²) in [6.07, 6.45) is 0.885. The number of thiazole rings is 1. The number of rotatable bonds is 8. The first kappa shape index (κ1) is 21.5. The third-order valence-corrected chi connectivity index (χ3v) is 6.20. The number of morpholine rings is 1. The molecule has 0 saturated carbocycles. The maximum Gasteiger partial charge on any atom is 0.260 e. The number of amides is 1. The molecule has 6 nitrogen and oxygen atoms in total. The molecule has 0 unspecified atom stereocenters. The van der Waals surface area contributed by atoms with Crippen LogP contribution in [0.1, 0.15) is 16.8 Å². The van der Waals surface area contributed by atoms with E-state index >= 15 is 0 Å². The van der Waals surface area contributed by atoms with Crippen LogP contribution in [-0.4, -0.2) is 62.3 Å². The molecule has 7 heteroatoms. The van der Waals surface area contributed by atoms with Crippen LogP contribution in [-0.2, 0) is 4.74 Å². The van der Waals surface area contributed by atoms with Crippen molar-refractivity contribution >= 4 is 22.4 Å². The van der Waals surface area contributed by atoms with E-state index in [1.165, 1.54) is 11.3 Å². The van der Waals surface area contributed by atoms with E-state index in [-0.39, 0.29) is 5.91 Å². The topological polar surface area (TPSA) is 54.9 Å². The first-order valence-corrected chi connectivity index (χ1v) is 11.4. The summed E-state index contributed by atoms with van der Waals surface area (Å²) in [6, 6.07) is 17.2. The minimum Gasteiger partial charge on any atom is -0.497 e. The average Bonchev–Trinajstić information content (AvgIpc) is 3.33. The van der Waals surface area contributed by atoms with E-state index in [2.05, 4.69) is 4.90 Å². The van der Waals surface area contributed by atoms with Gasteiger partial charge in [-0.2, -0.15) is 0 Å². The van der Waals surface area contributed by atoms with Gasteiger partial charge in [-0.1, -0.05) is 18.2 Å². The Balaban J connectivity index is 1.51. The molecule has 1 aromatic heterocycles. The van der Waals surface area contributed by atoms with Gasteiger partial charge < -0.3 is 9.47 Å². The summed E-state index contributed by atoms with van der Waals surface area (Å²) in [5.74, 6) is 0.793. The van der Waals surface area contributed by atoms with Crippen LogP contribution >= 0.6 is 11.3 Å². The van der Waals surface area contributed by atoms with Crippen LogP contribution in [0, 0.1) is 0 Å². The molecular weight excluding hydrogens is 410 g/mol. The van der Waals surface area contributed by atoms with Crippen molar-refractivity contribution in [3.8, 4) is 17.0 Å². The van der Waals surface area contributed by atoms with Crippen LogP contribution in [0.2, 0.25) is 0 Å². The standard InChI is InChI=1S/C24H27N3O3S/c1-29-21-10-8-19(9-11-21)22-18-31-24(25-22)27(23(28)20-6-3-2-4-7-20)13-5-12-26-14-16-30-17-15-26/h2-4,6-11,18H,5,12-17H2,1H3. The van der Waals surface area contributed by atoms with Gasteiger partial charge >= 0.3 is 0 Å². The fourth-order valence-corrected chi connectivity index (χ4v) is 4.44. The molecule has 3 aromatic rings. The Morgan fingerprint density at radius 2 is 1.87 bits per heavy atom. The number of hydrogen-bond donors (Lipinski definition) is 0. The van der Waals surface area contributed by atoms with E-state index < -0.39 is 0 Å². The summed E-state index contributed by atoms with van der Waals surface area (Å²) in [7, 11) is 1.65. The van der Waals surface area contributed by atoms with Gasteiger partial charge in [0.2, 0.25) is 0 Å². The third kappa shape index (κ3) is 5.50. The molecule has 0 aliphatic carbocycles. The third-order valence-electron chi connectivity index (χ3n) is 5.33. The second kappa shape index (κ2) is 10.5. The van der Waals surface area contributed by atoms with Gasteiger partial charge in [0, 0.05) is 42.7 Å². The van der Waals surface area contributed by atoms with Gasteiger partial charge in [0.1, 0.15) is 5.75 Å². The zero-order valence-corrected chi connectivity index (χ0v) is 18.5. The van der Waals surface area contributed by atoms with E-state index in [0.29, 0.717) is 12.1 Å². The maximum atomic E-state index is 13.3. The number of hydrogen-bond acceptors (Lipinski definition) is 6. The second-order valence-electron chi connectivity index (χ2n) is 7.37. The Morgan fingerprint density at radius 3 is 2.58 bits per heavy atom. The molecule has 31 heavy (non-hydrogen) atoms. The molecule has 1 aliphatic rings. The van der Waals surface area contributed by atoms with E-state index in [0.717, 1.165) is 61.4 Å². The quantitative estimate of drug-likeness (QED) is 0.529. The van der Waals surface area contributed by atoms with Crippen molar-refractivity contribution in [1.29, 1.82) is 0 Å². The van der Waals surface area contributed by atoms with Crippen molar-refractivity contribution in [2.24, 2.45) is 0 Å². The predicted molar refractivity (Wildman–Crippen MR) is 124 cm³/mol. The largest absolute Gasteiger partial charge is 0.497 e. The number of methoxy groups -OCH3 is 1. The Hall–Kier alpha value is -2.74. The predicted octanol–water partition coefficient (Wildman–Crippen LogP) is 4.19. The van der Waals surface area contributed by atoms with Gasteiger partial charge in [-0.15, -0.1) is 11.3 Å². The first-order chi connectivity index (χ1) is 15.2. The Kier molecular flexibility index (Phi) is 7.30. The van der Waals surface area contributed by atoms with E-state index in [1.54, 1.807) is 7.11 Å². The Bertz CT molecular complexity index is 969. The molecule has 2 aromatic carbocycles. The summed E-state index contributed by atoms with van der Waals surface area (Å²) in [4.78, 5) is 22.3. The van der Waals surface area contributed by atoms with E-state index in [1.807, 2.05) is 64.9 Å². The highest BCUT2D eigenvalue weighted by atomic mass is 32.1. The van der Waals surface area contributed by atoms with Crippen molar-refractivity contribution in [3.05, 3.63) is 65.5 Å². The Morgan fingerprint density at radius 1 is 1.13 bits per heavy atom. The van der Waals surface area contributed by atoms with Crippen LogP contribution < -0.4 is 9.64 Å². The number of benzene rings is 2. The number of carbonyl (C=O) groups is 1. The average molecular weight is 438 g/mol. The van der Waals surface area contributed by atoms with Gasteiger partial charge in [0.15, 0.2) is 5.13 Å². The molecule has 1 saturated heterocycles. The van der Waals surface area contributed by atoms with Crippen molar-refractivity contribution in [3.63, 3.8) is 0 Å². The smallest absolute Gasteiger partial charge is 0.260 e. The summed E-state index contributed by atoms with van der Waals surface area (Å²) in [5, 5.41) is 2.73. The summed E-state index contributed by atoms with van der Waals surface area (Å²) < 4.78 is 10.7. The molecule has 1 fully saturated rings. The monoisotopic (exact) mass is 437 g/mol. The lowest BCUT2D eigenvalue weighted by atomic mass is 10.2. The van der Waals surface area contributed by atoms with Crippen LogP contribution in [0.4, 0.5) is 5.13 Å². The molecule has 0 radical (unpaired) electrons. The van der Waals surface area contributed by atoms with Crippen LogP contribution in [0.15, 0.2) is 60.0 Å². The van der Waals surface area contributed by atoms with Crippen molar-refractivity contribution in [1.82, 2.24) is 9.88 Å². The molecule has 162 valence electrons. The van der Waals surface area contributed by atoms with Gasteiger partial charge in [-0.05, 0) is 42.8 Å². The van der Waals surface area contributed by atoms with Crippen molar-refractivity contribution in [2.45, 2.75) is 6.42 Å². The molecule has 0 bridgehead atoms. The fraction of sp³-hybridized carbons (Fsp3) is 0.333. The summed E-state index contributed by atoms with van der Waals surface area (Å²) in [5.41, 5.74) is 2.54. The number of anilines is 1. The zero-order chi connectivity index (χ0) is 21.5. The highest BCUT2D eigenvalue weighted by Gasteiger charge is 2.21. The molecule has 1 aliphatic heterocycles. The number of ether oxygens (including phenoxy) is 2. The molecule has 0 atom stereocenters.